The van der Waals surface area contributed by atoms with Crippen molar-refractivity contribution < 1.29 is 4.79 Å². The number of fused-ring (bicyclic) bond motifs is 2. The quantitative estimate of drug-likeness (QED) is 0.443. The molecule has 1 spiro atoms. The largest absolute Gasteiger partial charge is 0.307 e. The van der Waals surface area contributed by atoms with E-state index < -0.39 is 0 Å². The van der Waals surface area contributed by atoms with Gasteiger partial charge in [0, 0.05) is 41.0 Å². The summed E-state index contributed by atoms with van der Waals surface area (Å²) in [5.41, 5.74) is 5.48. The smallest absolute Gasteiger partial charge is 0.254 e. The van der Waals surface area contributed by atoms with Gasteiger partial charge in [0.1, 0.15) is 5.16 Å². The van der Waals surface area contributed by atoms with Crippen LogP contribution < -0.4 is 4.90 Å². The van der Waals surface area contributed by atoms with E-state index in [1.807, 2.05) is 29.2 Å². The van der Waals surface area contributed by atoms with Crippen molar-refractivity contribution in [2.75, 3.05) is 31.1 Å². The van der Waals surface area contributed by atoms with Crippen molar-refractivity contribution in [1.29, 1.82) is 0 Å². The predicted molar refractivity (Wildman–Crippen MR) is 146 cm³/mol. The Morgan fingerprint density at radius 2 is 1.89 bits per heavy atom. The summed E-state index contributed by atoms with van der Waals surface area (Å²) in [7, 11) is 0. The number of anilines is 1. The van der Waals surface area contributed by atoms with Crippen LogP contribution in [0.25, 0.3) is 6.08 Å². The monoisotopic (exact) mass is 505 g/mol. The SMILES string of the molecule is Cc1ccc2c(c1)C1(CCN(C/C=C/c3ccc(Cl)cc3)CC1)CN2C(=O)C1=CC=NC(Cl)=CC1. The third kappa shape index (κ3) is 5.16. The molecule has 6 heteroatoms. The minimum absolute atomic E-state index is 0.000268. The Hall–Kier alpha value is -2.66. The van der Waals surface area contributed by atoms with Gasteiger partial charge in [0.15, 0.2) is 0 Å². The van der Waals surface area contributed by atoms with E-state index in [4.69, 9.17) is 23.2 Å². The van der Waals surface area contributed by atoms with Crippen LogP contribution in [0.5, 0.6) is 0 Å². The Labute approximate surface area is 217 Å². The molecule has 35 heavy (non-hydrogen) atoms. The van der Waals surface area contributed by atoms with Gasteiger partial charge in [-0.25, -0.2) is 4.99 Å². The number of rotatable bonds is 4. The molecule has 0 bridgehead atoms. The number of carbonyl (C=O) groups excluding carboxylic acids is 1. The molecule has 0 aromatic heterocycles. The lowest BCUT2D eigenvalue weighted by atomic mass is 9.74. The van der Waals surface area contributed by atoms with Crippen LogP contribution >= 0.6 is 23.2 Å². The second-order valence-corrected chi connectivity index (χ2v) is 10.5. The minimum Gasteiger partial charge on any atom is -0.307 e. The lowest BCUT2D eigenvalue weighted by Gasteiger charge is -2.39. The lowest BCUT2D eigenvalue weighted by Crippen LogP contribution is -2.46. The fraction of sp³-hybridized carbons (Fsp3) is 0.310. The number of halogens is 2. The molecule has 0 N–H and O–H groups in total. The summed E-state index contributed by atoms with van der Waals surface area (Å²) in [5, 5.41) is 1.18. The number of allylic oxidation sites excluding steroid dienone is 2. The molecule has 5 rings (SSSR count). The number of likely N-dealkylation sites (tertiary alicyclic amines) is 1. The molecule has 3 aliphatic heterocycles. The van der Waals surface area contributed by atoms with Gasteiger partial charge in [-0.3, -0.25) is 9.69 Å². The van der Waals surface area contributed by atoms with Gasteiger partial charge >= 0.3 is 0 Å². The molecule has 4 nitrogen and oxygen atoms in total. The maximum Gasteiger partial charge on any atom is 0.254 e. The van der Waals surface area contributed by atoms with Crippen LogP contribution in [0.15, 0.2) is 76.4 Å². The molecule has 0 aliphatic carbocycles. The first kappa shape index (κ1) is 24.1. The van der Waals surface area contributed by atoms with E-state index in [9.17, 15) is 4.79 Å². The first-order valence-corrected chi connectivity index (χ1v) is 12.9. The molecule has 1 amide bonds. The highest BCUT2D eigenvalue weighted by atomic mass is 35.5. The number of amides is 1. The van der Waals surface area contributed by atoms with Crippen molar-refractivity contribution >= 4 is 47.1 Å². The fourth-order valence-corrected chi connectivity index (χ4v) is 5.57. The summed E-state index contributed by atoms with van der Waals surface area (Å²) in [5.74, 6) is 0.0503. The molecular weight excluding hydrogens is 477 g/mol. The van der Waals surface area contributed by atoms with E-state index in [1.165, 1.54) is 11.1 Å². The van der Waals surface area contributed by atoms with Gasteiger partial charge in [-0.1, -0.05) is 65.2 Å². The highest BCUT2D eigenvalue weighted by molar-refractivity contribution is 6.30. The van der Waals surface area contributed by atoms with Crippen molar-refractivity contribution in [3.63, 3.8) is 0 Å². The van der Waals surface area contributed by atoms with Gasteiger partial charge in [-0.15, -0.1) is 0 Å². The van der Waals surface area contributed by atoms with Gasteiger partial charge in [-0.2, -0.15) is 0 Å². The zero-order valence-corrected chi connectivity index (χ0v) is 21.4. The summed E-state index contributed by atoms with van der Waals surface area (Å²) < 4.78 is 0. The Morgan fingerprint density at radius 1 is 1.11 bits per heavy atom. The Bertz CT molecular complexity index is 1230. The number of aliphatic imine (C=N–C) groups is 1. The predicted octanol–water partition coefficient (Wildman–Crippen LogP) is 6.52. The zero-order chi connectivity index (χ0) is 24.4. The highest BCUT2D eigenvalue weighted by Crippen LogP contribution is 2.48. The molecule has 0 unspecified atom stereocenters. The van der Waals surface area contributed by atoms with Gasteiger partial charge in [0.25, 0.3) is 5.91 Å². The van der Waals surface area contributed by atoms with Crippen LogP contribution in [0.2, 0.25) is 5.02 Å². The van der Waals surface area contributed by atoms with E-state index in [-0.39, 0.29) is 11.3 Å². The maximum atomic E-state index is 13.6. The number of hydrogen-bond acceptors (Lipinski definition) is 3. The number of benzene rings is 2. The van der Waals surface area contributed by atoms with E-state index in [2.05, 4.69) is 47.2 Å². The number of piperidine rings is 1. The second kappa shape index (κ2) is 10.1. The zero-order valence-electron chi connectivity index (χ0n) is 19.9. The fourth-order valence-electron chi connectivity index (χ4n) is 5.31. The summed E-state index contributed by atoms with van der Waals surface area (Å²) in [6.45, 7) is 5.79. The summed E-state index contributed by atoms with van der Waals surface area (Å²) in [6, 6.07) is 14.4. The van der Waals surface area contributed by atoms with Gasteiger partial charge in [-0.05, 0) is 80.8 Å². The van der Waals surface area contributed by atoms with Crippen molar-refractivity contribution in [1.82, 2.24) is 4.90 Å². The van der Waals surface area contributed by atoms with Crippen LogP contribution in [-0.2, 0) is 10.2 Å². The molecule has 0 atom stereocenters. The Balaban J connectivity index is 1.30. The molecule has 2 aromatic carbocycles. The Kier molecular flexibility index (Phi) is 6.97. The first-order valence-electron chi connectivity index (χ1n) is 12.1. The molecule has 3 heterocycles. The van der Waals surface area contributed by atoms with Crippen LogP contribution in [0.3, 0.4) is 0 Å². The average Bonchev–Trinajstić information content (AvgIpc) is 2.99. The number of hydrogen-bond donors (Lipinski definition) is 0. The van der Waals surface area contributed by atoms with Crippen LogP contribution in [0, 0.1) is 6.92 Å². The molecule has 3 aliphatic rings. The molecule has 0 saturated carbocycles. The average molecular weight is 506 g/mol. The number of carbonyl (C=O) groups is 1. The molecule has 0 radical (unpaired) electrons. The number of aryl methyl sites for hydroxylation is 1. The summed E-state index contributed by atoms with van der Waals surface area (Å²) >= 11 is 12.0. The normalized spacial score (nSPS) is 19.6. The summed E-state index contributed by atoms with van der Waals surface area (Å²) in [4.78, 5) is 22.2. The van der Waals surface area contributed by atoms with Gasteiger partial charge in [0.05, 0.1) is 0 Å². The van der Waals surface area contributed by atoms with E-state index >= 15 is 0 Å². The standard InChI is InChI=1S/C29H29Cl2N3O/c1-21-4-10-26-25(19-21)29(20-34(26)28(35)23-7-11-27(31)32-15-12-23)13-17-33(18-14-29)16-2-3-22-5-8-24(30)9-6-22/h2-6,8-12,15,19H,7,13-14,16-18,20H2,1H3/b3-2+. The number of nitrogens with zero attached hydrogens (tertiary/aromatic N) is 3. The third-order valence-corrected chi connectivity index (χ3v) is 7.82. The molecule has 1 saturated heterocycles. The van der Waals surface area contributed by atoms with Crippen LogP contribution in [0.1, 0.15) is 36.0 Å². The summed E-state index contributed by atoms with van der Waals surface area (Å²) in [6.07, 6.45) is 12.2. The van der Waals surface area contributed by atoms with E-state index in [1.54, 1.807) is 18.4 Å². The maximum absolute atomic E-state index is 13.6. The van der Waals surface area contributed by atoms with E-state index in [0.717, 1.165) is 60.9 Å². The highest BCUT2D eigenvalue weighted by Gasteiger charge is 2.46. The van der Waals surface area contributed by atoms with Crippen molar-refractivity contribution in [2.45, 2.75) is 31.6 Å². The van der Waals surface area contributed by atoms with Gasteiger partial charge < -0.3 is 4.90 Å². The molecular formula is C29H29Cl2N3O. The first-order chi connectivity index (χ1) is 16.9. The topological polar surface area (TPSA) is 35.9 Å². The van der Waals surface area contributed by atoms with Crippen molar-refractivity contribution in [3.05, 3.63) is 93.1 Å². The lowest BCUT2D eigenvalue weighted by molar-refractivity contribution is -0.115. The molecule has 1 fully saturated rings. The second-order valence-electron chi connectivity index (χ2n) is 9.65. The molecule has 180 valence electrons. The third-order valence-electron chi connectivity index (χ3n) is 7.32. The van der Waals surface area contributed by atoms with Crippen LogP contribution in [0.4, 0.5) is 5.69 Å². The Morgan fingerprint density at radius 3 is 2.66 bits per heavy atom. The van der Waals surface area contributed by atoms with Crippen molar-refractivity contribution in [2.24, 2.45) is 4.99 Å². The van der Waals surface area contributed by atoms with Gasteiger partial charge in [0.2, 0.25) is 0 Å². The van der Waals surface area contributed by atoms with Crippen molar-refractivity contribution in [3.8, 4) is 0 Å². The minimum atomic E-state index is 0.000268. The van der Waals surface area contributed by atoms with E-state index in [0.29, 0.717) is 11.6 Å². The molecule has 2 aromatic rings. The van der Waals surface area contributed by atoms with Crippen LogP contribution in [-0.4, -0.2) is 43.2 Å².